The lowest BCUT2D eigenvalue weighted by atomic mass is 10.1. The summed E-state index contributed by atoms with van der Waals surface area (Å²) in [4.78, 5) is 25.7. The molecule has 3 rings (SSSR count). The Morgan fingerprint density at radius 3 is 2.76 bits per heavy atom. The fourth-order valence-corrected chi connectivity index (χ4v) is 3.56. The molecule has 0 atom stereocenters. The van der Waals surface area contributed by atoms with Gasteiger partial charge in [0.25, 0.3) is 5.91 Å². The van der Waals surface area contributed by atoms with Gasteiger partial charge >= 0.3 is 5.97 Å². The molecule has 8 heteroatoms. The first kappa shape index (κ1) is 17.7. The summed E-state index contributed by atoms with van der Waals surface area (Å²) in [7, 11) is 2.92. The fraction of sp³-hybridized carbons (Fsp3) is 0.118. The van der Waals surface area contributed by atoms with Crippen molar-refractivity contribution in [2.45, 2.75) is 0 Å². The van der Waals surface area contributed by atoms with Crippen LogP contribution in [0.2, 0.25) is 5.02 Å². The SMILES string of the molecule is COC(=O)c1cc(-c2ccc(/C=C3\SC(=S)N(C)C3=O)o2)ccc1Cl. The summed E-state index contributed by atoms with van der Waals surface area (Å²) in [5.74, 6) is 0.372. The van der Waals surface area contributed by atoms with Crippen LogP contribution in [0.1, 0.15) is 16.1 Å². The van der Waals surface area contributed by atoms with Gasteiger partial charge in [0.1, 0.15) is 15.8 Å². The van der Waals surface area contributed by atoms with Crippen LogP contribution in [0.4, 0.5) is 0 Å². The summed E-state index contributed by atoms with van der Waals surface area (Å²) in [6, 6.07) is 8.44. The highest BCUT2D eigenvalue weighted by molar-refractivity contribution is 8.26. The Morgan fingerprint density at radius 2 is 2.12 bits per heavy atom. The summed E-state index contributed by atoms with van der Waals surface area (Å²) in [6.45, 7) is 0. The van der Waals surface area contributed by atoms with E-state index in [1.165, 1.54) is 23.8 Å². The maximum Gasteiger partial charge on any atom is 0.339 e. The summed E-state index contributed by atoms with van der Waals surface area (Å²) in [5.41, 5.74) is 0.930. The second-order valence-electron chi connectivity index (χ2n) is 5.13. The van der Waals surface area contributed by atoms with Crippen LogP contribution in [0.25, 0.3) is 17.4 Å². The summed E-state index contributed by atoms with van der Waals surface area (Å²) >= 11 is 12.3. The standard InChI is InChI=1S/C17H12ClNO4S2/c1-19-15(20)14(25-17(19)24)8-10-4-6-13(23-10)9-3-5-12(18)11(7-9)16(21)22-2/h3-8H,1-2H3/b14-8-. The number of carbonyl (C=O) groups excluding carboxylic acids is 2. The van der Waals surface area contributed by atoms with Crippen LogP contribution in [0, 0.1) is 0 Å². The first-order valence-corrected chi connectivity index (χ1v) is 8.70. The number of hydrogen-bond donors (Lipinski definition) is 0. The van der Waals surface area contributed by atoms with Gasteiger partial charge in [0, 0.05) is 18.7 Å². The van der Waals surface area contributed by atoms with Gasteiger partial charge in [-0.25, -0.2) is 4.79 Å². The average Bonchev–Trinajstić information content (AvgIpc) is 3.16. The largest absolute Gasteiger partial charge is 0.465 e. The van der Waals surface area contributed by atoms with Gasteiger partial charge in [-0.15, -0.1) is 0 Å². The molecule has 0 saturated carbocycles. The maximum absolute atomic E-state index is 12.0. The van der Waals surface area contributed by atoms with Crippen LogP contribution < -0.4 is 0 Å². The number of ether oxygens (including phenoxy) is 1. The molecule has 1 fully saturated rings. The number of benzene rings is 1. The van der Waals surface area contributed by atoms with Crippen LogP contribution in [0.15, 0.2) is 39.7 Å². The zero-order valence-corrected chi connectivity index (χ0v) is 15.6. The van der Waals surface area contributed by atoms with E-state index >= 15 is 0 Å². The van der Waals surface area contributed by atoms with Gasteiger partial charge in [-0.05, 0) is 30.3 Å². The van der Waals surface area contributed by atoms with Gasteiger partial charge in [-0.1, -0.05) is 35.6 Å². The summed E-state index contributed by atoms with van der Waals surface area (Å²) < 4.78 is 11.0. The Balaban J connectivity index is 1.91. The van der Waals surface area contributed by atoms with Crippen LogP contribution in [-0.4, -0.2) is 35.3 Å². The molecule has 2 aromatic rings. The molecule has 0 spiro atoms. The van der Waals surface area contributed by atoms with Gasteiger partial charge in [-0.2, -0.15) is 0 Å². The van der Waals surface area contributed by atoms with E-state index in [2.05, 4.69) is 0 Å². The number of likely N-dealkylation sites (N-methyl/N-ethyl adjacent to an activating group) is 1. The number of thioether (sulfide) groups is 1. The molecular weight excluding hydrogens is 382 g/mol. The highest BCUT2D eigenvalue weighted by Crippen LogP contribution is 2.33. The number of amides is 1. The third-order valence-corrected chi connectivity index (χ3v) is 5.36. The van der Waals surface area contributed by atoms with Gasteiger partial charge in [0.15, 0.2) is 0 Å². The summed E-state index contributed by atoms with van der Waals surface area (Å²) in [6.07, 6.45) is 1.64. The van der Waals surface area contributed by atoms with Crippen LogP contribution >= 0.6 is 35.6 Å². The van der Waals surface area contributed by atoms with Crippen molar-refractivity contribution in [2.75, 3.05) is 14.2 Å². The Bertz CT molecular complexity index is 919. The number of thiocarbonyl (C=S) groups is 1. The van der Waals surface area contributed by atoms with E-state index in [4.69, 9.17) is 33.0 Å². The number of halogens is 1. The number of hydrogen-bond acceptors (Lipinski definition) is 6. The van der Waals surface area contributed by atoms with Crippen molar-refractivity contribution in [3.63, 3.8) is 0 Å². The average molecular weight is 394 g/mol. The number of methoxy groups -OCH3 is 1. The van der Waals surface area contributed by atoms with Crippen molar-refractivity contribution in [3.05, 3.63) is 51.6 Å². The first-order chi connectivity index (χ1) is 11.9. The predicted octanol–water partition coefficient (Wildman–Crippen LogP) is 4.22. The zero-order chi connectivity index (χ0) is 18.1. The van der Waals surface area contributed by atoms with Gasteiger partial charge in [0.2, 0.25) is 0 Å². The minimum atomic E-state index is -0.523. The molecule has 1 amide bonds. The normalized spacial score (nSPS) is 16.0. The molecule has 25 heavy (non-hydrogen) atoms. The number of esters is 1. The second-order valence-corrected chi connectivity index (χ2v) is 7.21. The molecule has 0 bridgehead atoms. The highest BCUT2D eigenvalue weighted by Gasteiger charge is 2.29. The maximum atomic E-state index is 12.0. The van der Waals surface area contributed by atoms with Crippen molar-refractivity contribution in [1.29, 1.82) is 0 Å². The predicted molar refractivity (Wildman–Crippen MR) is 101 cm³/mol. The topological polar surface area (TPSA) is 59.8 Å². The van der Waals surface area contributed by atoms with Gasteiger partial charge < -0.3 is 9.15 Å². The molecule has 0 unspecified atom stereocenters. The molecule has 1 aliphatic heterocycles. The fourth-order valence-electron chi connectivity index (χ4n) is 2.21. The van der Waals surface area contributed by atoms with E-state index in [1.54, 1.807) is 43.5 Å². The highest BCUT2D eigenvalue weighted by atomic mass is 35.5. The van der Waals surface area contributed by atoms with Crippen LogP contribution in [0.5, 0.6) is 0 Å². The molecule has 1 saturated heterocycles. The molecular formula is C17H12ClNO4S2. The Hall–Kier alpha value is -2.09. The van der Waals surface area contributed by atoms with Gasteiger partial charge in [0.05, 0.1) is 22.6 Å². The molecule has 2 heterocycles. The Kier molecular flexibility index (Phi) is 4.99. The Labute approximate surface area is 158 Å². The van der Waals surface area contributed by atoms with Crippen molar-refractivity contribution in [1.82, 2.24) is 4.90 Å². The quantitative estimate of drug-likeness (QED) is 0.442. The van der Waals surface area contributed by atoms with Crippen molar-refractivity contribution < 1.29 is 18.7 Å². The lowest BCUT2D eigenvalue weighted by molar-refractivity contribution is -0.121. The van der Waals surface area contributed by atoms with Crippen LogP contribution in [-0.2, 0) is 9.53 Å². The van der Waals surface area contributed by atoms with E-state index in [0.717, 1.165) is 0 Å². The smallest absolute Gasteiger partial charge is 0.339 e. The monoisotopic (exact) mass is 393 g/mol. The van der Waals surface area contributed by atoms with E-state index < -0.39 is 5.97 Å². The molecule has 0 aliphatic carbocycles. The molecule has 1 aromatic carbocycles. The molecule has 1 aromatic heterocycles. The minimum absolute atomic E-state index is 0.160. The first-order valence-electron chi connectivity index (χ1n) is 7.10. The van der Waals surface area contributed by atoms with E-state index in [9.17, 15) is 9.59 Å². The summed E-state index contributed by atoms with van der Waals surface area (Å²) in [5, 5.41) is 0.300. The third-order valence-electron chi connectivity index (χ3n) is 3.54. The number of furan rings is 1. The van der Waals surface area contributed by atoms with Gasteiger partial charge in [-0.3, -0.25) is 9.69 Å². The van der Waals surface area contributed by atoms with E-state index in [-0.39, 0.29) is 11.5 Å². The number of carbonyl (C=O) groups is 2. The lowest BCUT2D eigenvalue weighted by Gasteiger charge is -2.04. The van der Waals surface area contributed by atoms with Crippen molar-refractivity contribution in [3.8, 4) is 11.3 Å². The molecule has 0 N–H and O–H groups in total. The number of nitrogens with zero attached hydrogens (tertiary/aromatic N) is 1. The number of rotatable bonds is 3. The minimum Gasteiger partial charge on any atom is -0.465 e. The third kappa shape index (κ3) is 3.49. The van der Waals surface area contributed by atoms with E-state index in [0.29, 0.717) is 31.3 Å². The van der Waals surface area contributed by atoms with Crippen molar-refractivity contribution >= 4 is 57.9 Å². The zero-order valence-electron chi connectivity index (χ0n) is 13.2. The van der Waals surface area contributed by atoms with E-state index in [1.807, 2.05) is 0 Å². The second kappa shape index (κ2) is 7.03. The van der Waals surface area contributed by atoms with Crippen molar-refractivity contribution in [2.24, 2.45) is 0 Å². The van der Waals surface area contributed by atoms with Crippen LogP contribution in [0.3, 0.4) is 0 Å². The molecule has 0 radical (unpaired) electrons. The molecule has 5 nitrogen and oxygen atoms in total. The Morgan fingerprint density at radius 1 is 1.36 bits per heavy atom. The lowest BCUT2D eigenvalue weighted by Crippen LogP contribution is -2.22. The molecule has 1 aliphatic rings. The molecule has 128 valence electrons.